The van der Waals surface area contributed by atoms with Crippen LogP contribution >= 0.6 is 23.4 Å². The van der Waals surface area contributed by atoms with Crippen molar-refractivity contribution >= 4 is 55.6 Å². The molecule has 2 atom stereocenters. The van der Waals surface area contributed by atoms with Crippen molar-refractivity contribution in [2.45, 2.75) is 37.0 Å². The Morgan fingerprint density at radius 2 is 1.57 bits per heavy atom. The predicted octanol–water partition coefficient (Wildman–Crippen LogP) is 5.64. The maximum absolute atomic E-state index is 12.9. The van der Waals surface area contributed by atoms with Gasteiger partial charge in [-0.25, -0.2) is 8.42 Å². The summed E-state index contributed by atoms with van der Waals surface area (Å²) in [7, 11) is -3.13. The molecule has 0 radical (unpaired) electrons. The Bertz CT molecular complexity index is 1500. The Balaban J connectivity index is 1.17. The third-order valence-electron chi connectivity index (χ3n) is 8.06. The molecule has 3 aliphatic rings. The Kier molecular flexibility index (Phi) is 7.93. The number of aliphatic imine (C=N–C) groups is 1. The zero-order valence-electron chi connectivity index (χ0n) is 22.2. The lowest BCUT2D eigenvalue weighted by atomic mass is 9.90. The van der Waals surface area contributed by atoms with Crippen LogP contribution < -0.4 is 9.80 Å². The lowest BCUT2D eigenvalue weighted by Crippen LogP contribution is -2.38. The molecular formula is C31H32ClN3O3S2. The summed E-state index contributed by atoms with van der Waals surface area (Å²) in [4.78, 5) is 21.8. The van der Waals surface area contributed by atoms with Crippen LogP contribution in [0.2, 0.25) is 5.02 Å². The number of halogens is 1. The number of nitrogens with zero attached hydrogens (tertiary/aromatic N) is 3. The lowest BCUT2D eigenvalue weighted by Gasteiger charge is -2.34. The lowest BCUT2D eigenvalue weighted by molar-refractivity contribution is -0.117. The van der Waals surface area contributed by atoms with Crippen molar-refractivity contribution in [3.05, 3.63) is 95.0 Å². The molecule has 1 amide bonds. The number of sulfone groups is 1. The number of anilines is 2. The maximum atomic E-state index is 12.9. The summed E-state index contributed by atoms with van der Waals surface area (Å²) in [5, 5.41) is 0.964. The number of piperidine rings is 1. The summed E-state index contributed by atoms with van der Waals surface area (Å²) < 4.78 is 24.9. The first-order valence-electron chi connectivity index (χ1n) is 13.7. The van der Waals surface area contributed by atoms with Crippen molar-refractivity contribution in [2.24, 2.45) is 10.9 Å². The fourth-order valence-electron chi connectivity index (χ4n) is 5.98. The van der Waals surface area contributed by atoms with E-state index < -0.39 is 9.84 Å². The summed E-state index contributed by atoms with van der Waals surface area (Å²) in [5.74, 6) is 0.576. The van der Waals surface area contributed by atoms with Crippen LogP contribution in [0.3, 0.4) is 0 Å². The van der Waals surface area contributed by atoms with Crippen LogP contribution in [0.5, 0.6) is 0 Å². The van der Waals surface area contributed by atoms with E-state index in [1.54, 1.807) is 6.07 Å². The highest BCUT2D eigenvalue weighted by Crippen LogP contribution is 2.41. The van der Waals surface area contributed by atoms with Crippen LogP contribution in [0.25, 0.3) is 0 Å². The van der Waals surface area contributed by atoms with Crippen LogP contribution in [0.1, 0.15) is 24.0 Å². The number of fused-ring (bicyclic) bond motifs is 1. The van der Waals surface area contributed by atoms with E-state index in [-0.39, 0.29) is 35.1 Å². The highest BCUT2D eigenvalue weighted by atomic mass is 35.5. The zero-order chi connectivity index (χ0) is 27.7. The molecule has 3 saturated heterocycles. The third-order valence-corrected chi connectivity index (χ3v) is 11.6. The van der Waals surface area contributed by atoms with Gasteiger partial charge in [-0.2, -0.15) is 4.99 Å². The van der Waals surface area contributed by atoms with E-state index in [2.05, 4.69) is 52.4 Å². The molecule has 3 aliphatic heterocycles. The van der Waals surface area contributed by atoms with E-state index in [1.165, 1.54) is 17.3 Å². The van der Waals surface area contributed by atoms with Crippen molar-refractivity contribution in [3.8, 4) is 0 Å². The Labute approximate surface area is 245 Å². The number of benzene rings is 3. The molecule has 0 aromatic heterocycles. The fraction of sp³-hybridized carbons (Fsp3) is 0.355. The molecule has 6 nitrogen and oxygen atoms in total. The third kappa shape index (κ3) is 6.09. The van der Waals surface area contributed by atoms with Crippen LogP contribution in [-0.4, -0.2) is 55.4 Å². The number of hydrogen-bond donors (Lipinski definition) is 0. The average Bonchev–Trinajstić information content (AvgIpc) is 3.41. The average molecular weight is 594 g/mol. The SMILES string of the molecule is O=C(Cc1ccccc1Cl)N=C1S[C@@H]2CS(=O)(=O)C[C@@H]2N1c1ccc(N2CCC(Cc3ccccc3)CC2)cc1. The number of thioether (sulfide) groups is 1. The molecule has 3 heterocycles. The van der Waals surface area contributed by atoms with Gasteiger partial charge in [0.2, 0.25) is 0 Å². The van der Waals surface area contributed by atoms with Crippen molar-refractivity contribution < 1.29 is 13.2 Å². The van der Waals surface area contributed by atoms with Crippen LogP contribution in [0.15, 0.2) is 83.9 Å². The molecule has 0 aliphatic carbocycles. The normalized spacial score (nSPS) is 23.5. The van der Waals surface area contributed by atoms with E-state index in [4.69, 9.17) is 11.6 Å². The summed E-state index contributed by atoms with van der Waals surface area (Å²) in [5.41, 5.74) is 4.17. The van der Waals surface area contributed by atoms with Crippen LogP contribution in [0.4, 0.5) is 11.4 Å². The minimum absolute atomic E-state index is 0.0685. The molecule has 9 heteroatoms. The van der Waals surface area contributed by atoms with Gasteiger partial charge in [0.05, 0.1) is 24.0 Å². The van der Waals surface area contributed by atoms with Gasteiger partial charge in [-0.3, -0.25) is 4.79 Å². The Morgan fingerprint density at radius 1 is 0.900 bits per heavy atom. The molecule has 0 spiro atoms. The van der Waals surface area contributed by atoms with Gasteiger partial charge in [-0.15, -0.1) is 0 Å². The second-order valence-electron chi connectivity index (χ2n) is 10.9. The second kappa shape index (κ2) is 11.6. The number of carbonyl (C=O) groups excluding carboxylic acids is 1. The number of hydrogen-bond acceptors (Lipinski definition) is 5. The zero-order valence-corrected chi connectivity index (χ0v) is 24.5. The quantitative estimate of drug-likeness (QED) is 0.368. The first-order chi connectivity index (χ1) is 19.3. The van der Waals surface area contributed by atoms with Gasteiger partial charge in [0.15, 0.2) is 15.0 Å². The number of rotatable bonds is 6. The Hall–Kier alpha value is -2.81. The molecule has 3 aromatic carbocycles. The second-order valence-corrected chi connectivity index (χ2v) is 14.6. The maximum Gasteiger partial charge on any atom is 0.252 e. The molecule has 3 aromatic rings. The number of amides is 1. The molecule has 208 valence electrons. The molecular weight excluding hydrogens is 562 g/mol. The molecule has 0 unspecified atom stereocenters. The highest BCUT2D eigenvalue weighted by molar-refractivity contribution is 8.16. The first kappa shape index (κ1) is 27.4. The van der Waals surface area contributed by atoms with Crippen LogP contribution in [0, 0.1) is 5.92 Å². The van der Waals surface area contributed by atoms with Gasteiger partial charge in [0, 0.05) is 34.7 Å². The van der Waals surface area contributed by atoms with E-state index in [0.717, 1.165) is 49.3 Å². The van der Waals surface area contributed by atoms with E-state index in [9.17, 15) is 13.2 Å². The number of amidine groups is 1. The topological polar surface area (TPSA) is 70.0 Å². The first-order valence-corrected chi connectivity index (χ1v) is 16.8. The summed E-state index contributed by atoms with van der Waals surface area (Å²) in [6.45, 7) is 2.03. The minimum atomic E-state index is -3.13. The van der Waals surface area contributed by atoms with Crippen LogP contribution in [-0.2, 0) is 27.5 Å². The predicted molar refractivity (Wildman–Crippen MR) is 165 cm³/mol. The smallest absolute Gasteiger partial charge is 0.252 e. The summed E-state index contributed by atoms with van der Waals surface area (Å²) in [6, 6.07) is 26.0. The van der Waals surface area contributed by atoms with E-state index in [0.29, 0.717) is 16.1 Å². The minimum Gasteiger partial charge on any atom is -0.372 e. The largest absolute Gasteiger partial charge is 0.372 e. The number of carbonyl (C=O) groups is 1. The van der Waals surface area contributed by atoms with Crippen molar-refractivity contribution in [2.75, 3.05) is 34.4 Å². The molecule has 3 fully saturated rings. The van der Waals surface area contributed by atoms with Gasteiger partial charge < -0.3 is 9.80 Å². The van der Waals surface area contributed by atoms with E-state index >= 15 is 0 Å². The fourth-order valence-corrected chi connectivity index (χ4v) is 10.1. The summed E-state index contributed by atoms with van der Waals surface area (Å²) in [6.07, 6.45) is 3.55. The van der Waals surface area contributed by atoms with Crippen molar-refractivity contribution in [1.29, 1.82) is 0 Å². The molecule has 0 saturated carbocycles. The van der Waals surface area contributed by atoms with E-state index in [1.807, 2.05) is 35.2 Å². The van der Waals surface area contributed by atoms with Gasteiger partial charge in [0.1, 0.15) is 0 Å². The summed E-state index contributed by atoms with van der Waals surface area (Å²) >= 11 is 7.65. The standard InChI is InChI=1S/C31H32ClN3O3S2/c32-27-9-5-4-8-24(27)19-30(36)33-31-35(28-20-40(37,38)21-29(28)39-31)26-12-10-25(11-13-26)34-16-14-23(15-17-34)18-22-6-2-1-3-7-22/h1-13,23,28-29H,14-21H2/t28-,29+/m0/s1. The molecule has 40 heavy (non-hydrogen) atoms. The molecule has 6 rings (SSSR count). The monoisotopic (exact) mass is 593 g/mol. The van der Waals surface area contributed by atoms with Gasteiger partial charge in [-0.1, -0.05) is 71.9 Å². The van der Waals surface area contributed by atoms with Crippen molar-refractivity contribution in [1.82, 2.24) is 0 Å². The van der Waals surface area contributed by atoms with Gasteiger partial charge >= 0.3 is 0 Å². The van der Waals surface area contributed by atoms with Gasteiger partial charge in [0.25, 0.3) is 5.91 Å². The molecule has 0 N–H and O–H groups in total. The Morgan fingerprint density at radius 3 is 2.30 bits per heavy atom. The molecule has 0 bridgehead atoms. The highest BCUT2D eigenvalue weighted by Gasteiger charge is 2.49. The van der Waals surface area contributed by atoms with Crippen molar-refractivity contribution in [3.63, 3.8) is 0 Å². The van der Waals surface area contributed by atoms with Gasteiger partial charge in [-0.05, 0) is 66.6 Å².